The van der Waals surface area contributed by atoms with Crippen LogP contribution >= 0.6 is 11.6 Å². The Labute approximate surface area is 95.8 Å². The number of hydrogen-bond acceptors (Lipinski definition) is 3. The van der Waals surface area contributed by atoms with Gasteiger partial charge in [-0.1, -0.05) is 11.6 Å². The molecule has 0 radical (unpaired) electrons. The SMILES string of the molecule is COc1ccc(Cl)cc1CCN(C)CN. The largest absolute Gasteiger partial charge is 0.496 e. The van der Waals surface area contributed by atoms with Crippen molar-refractivity contribution >= 4 is 11.6 Å². The lowest BCUT2D eigenvalue weighted by atomic mass is 10.1. The van der Waals surface area contributed by atoms with E-state index in [0.717, 1.165) is 29.3 Å². The highest BCUT2D eigenvalue weighted by atomic mass is 35.5. The van der Waals surface area contributed by atoms with Gasteiger partial charge in [0.05, 0.1) is 7.11 Å². The molecule has 0 amide bonds. The highest BCUT2D eigenvalue weighted by Gasteiger charge is 2.04. The van der Waals surface area contributed by atoms with E-state index in [4.69, 9.17) is 22.1 Å². The second-order valence-electron chi connectivity index (χ2n) is 3.47. The molecule has 3 nitrogen and oxygen atoms in total. The quantitative estimate of drug-likeness (QED) is 0.781. The lowest BCUT2D eigenvalue weighted by molar-refractivity contribution is 0.345. The summed E-state index contributed by atoms with van der Waals surface area (Å²) in [6.45, 7) is 1.45. The number of hydrogen-bond donors (Lipinski definition) is 1. The summed E-state index contributed by atoms with van der Waals surface area (Å²) in [5.41, 5.74) is 6.62. The van der Waals surface area contributed by atoms with Crippen LogP contribution < -0.4 is 10.5 Å². The minimum Gasteiger partial charge on any atom is -0.496 e. The molecule has 84 valence electrons. The highest BCUT2D eigenvalue weighted by Crippen LogP contribution is 2.22. The van der Waals surface area contributed by atoms with Crippen molar-refractivity contribution in [2.75, 3.05) is 27.4 Å². The lowest BCUT2D eigenvalue weighted by Gasteiger charge is -2.15. The second-order valence-corrected chi connectivity index (χ2v) is 3.90. The first-order valence-electron chi connectivity index (χ1n) is 4.88. The zero-order valence-electron chi connectivity index (χ0n) is 9.16. The normalized spacial score (nSPS) is 10.7. The Morgan fingerprint density at radius 2 is 2.20 bits per heavy atom. The number of benzene rings is 1. The molecule has 0 heterocycles. The smallest absolute Gasteiger partial charge is 0.122 e. The summed E-state index contributed by atoms with van der Waals surface area (Å²) in [5.74, 6) is 0.879. The number of rotatable bonds is 5. The Morgan fingerprint density at radius 1 is 1.47 bits per heavy atom. The molecule has 0 fully saturated rings. The van der Waals surface area contributed by atoms with Gasteiger partial charge in [-0.05, 0) is 37.2 Å². The summed E-state index contributed by atoms with van der Waals surface area (Å²) in [6, 6.07) is 5.65. The van der Waals surface area contributed by atoms with Crippen LogP contribution in [-0.4, -0.2) is 32.3 Å². The van der Waals surface area contributed by atoms with E-state index in [9.17, 15) is 0 Å². The van der Waals surface area contributed by atoms with Crippen LogP contribution in [0, 0.1) is 0 Å². The molecule has 0 saturated heterocycles. The van der Waals surface area contributed by atoms with Gasteiger partial charge in [-0.25, -0.2) is 0 Å². The van der Waals surface area contributed by atoms with E-state index in [1.807, 2.05) is 30.1 Å². The Kier molecular flexibility index (Phi) is 4.88. The van der Waals surface area contributed by atoms with E-state index in [2.05, 4.69) is 0 Å². The van der Waals surface area contributed by atoms with Gasteiger partial charge in [0, 0.05) is 18.2 Å². The zero-order valence-corrected chi connectivity index (χ0v) is 9.92. The van der Waals surface area contributed by atoms with Crippen LogP contribution in [0.3, 0.4) is 0 Å². The summed E-state index contributed by atoms with van der Waals surface area (Å²) >= 11 is 5.93. The molecule has 15 heavy (non-hydrogen) atoms. The van der Waals surface area contributed by atoms with E-state index < -0.39 is 0 Å². The van der Waals surface area contributed by atoms with Gasteiger partial charge in [0.1, 0.15) is 5.75 Å². The van der Waals surface area contributed by atoms with Gasteiger partial charge in [0.15, 0.2) is 0 Å². The Morgan fingerprint density at radius 3 is 2.80 bits per heavy atom. The third-order valence-corrected chi connectivity index (χ3v) is 2.55. The molecule has 4 heteroatoms. The van der Waals surface area contributed by atoms with Crippen LogP contribution in [0.25, 0.3) is 0 Å². The lowest BCUT2D eigenvalue weighted by Crippen LogP contribution is -2.27. The Balaban J connectivity index is 2.69. The maximum Gasteiger partial charge on any atom is 0.122 e. The van der Waals surface area contributed by atoms with Gasteiger partial charge in [0.2, 0.25) is 0 Å². The van der Waals surface area contributed by atoms with Crippen molar-refractivity contribution in [2.45, 2.75) is 6.42 Å². The molecule has 0 unspecified atom stereocenters. The third kappa shape index (κ3) is 3.70. The van der Waals surface area contributed by atoms with Crippen molar-refractivity contribution in [3.05, 3.63) is 28.8 Å². The average Bonchev–Trinajstić information content (AvgIpc) is 2.26. The minimum atomic E-state index is 0.558. The van der Waals surface area contributed by atoms with Crippen molar-refractivity contribution in [1.29, 1.82) is 0 Å². The van der Waals surface area contributed by atoms with Crippen LogP contribution in [0.4, 0.5) is 0 Å². The topological polar surface area (TPSA) is 38.5 Å². The van der Waals surface area contributed by atoms with Crippen LogP contribution in [-0.2, 0) is 6.42 Å². The summed E-state index contributed by atoms with van der Waals surface area (Å²) in [5, 5.41) is 0.737. The van der Waals surface area contributed by atoms with Crippen LogP contribution in [0.2, 0.25) is 5.02 Å². The number of nitrogens with zero attached hydrogens (tertiary/aromatic N) is 1. The Bertz CT molecular complexity index is 317. The van der Waals surface area contributed by atoms with Crippen molar-refractivity contribution in [1.82, 2.24) is 4.90 Å². The second kappa shape index (κ2) is 5.95. The molecule has 0 bridgehead atoms. The van der Waals surface area contributed by atoms with Gasteiger partial charge in [-0.3, -0.25) is 4.90 Å². The molecule has 0 aromatic heterocycles. The number of ether oxygens (including phenoxy) is 1. The van der Waals surface area contributed by atoms with Crippen LogP contribution in [0.15, 0.2) is 18.2 Å². The molecule has 0 saturated carbocycles. The number of halogens is 1. The van der Waals surface area contributed by atoms with E-state index in [1.165, 1.54) is 0 Å². The van der Waals surface area contributed by atoms with E-state index in [-0.39, 0.29) is 0 Å². The van der Waals surface area contributed by atoms with Gasteiger partial charge >= 0.3 is 0 Å². The first kappa shape index (κ1) is 12.3. The van der Waals surface area contributed by atoms with Crippen molar-refractivity contribution in [3.63, 3.8) is 0 Å². The molecule has 0 aliphatic rings. The molecule has 1 rings (SSSR count). The maximum atomic E-state index is 5.93. The van der Waals surface area contributed by atoms with Crippen molar-refractivity contribution < 1.29 is 4.74 Å². The average molecular weight is 229 g/mol. The predicted molar refractivity (Wildman–Crippen MR) is 63.4 cm³/mol. The van der Waals surface area contributed by atoms with Crippen LogP contribution in [0.1, 0.15) is 5.56 Å². The maximum absolute atomic E-state index is 5.93. The number of nitrogens with two attached hydrogens (primary N) is 1. The van der Waals surface area contributed by atoms with Gasteiger partial charge < -0.3 is 10.5 Å². The minimum absolute atomic E-state index is 0.558. The summed E-state index contributed by atoms with van der Waals surface area (Å²) in [4.78, 5) is 2.04. The number of methoxy groups -OCH3 is 1. The molecular formula is C11H17ClN2O. The molecule has 0 atom stereocenters. The predicted octanol–water partition coefficient (Wildman–Crippen LogP) is 1.74. The standard InChI is InChI=1S/C11H17ClN2O/c1-14(8-13)6-5-9-7-10(12)3-4-11(9)15-2/h3-4,7H,5-6,8,13H2,1-2H3. The highest BCUT2D eigenvalue weighted by molar-refractivity contribution is 6.30. The molecule has 2 N–H and O–H groups in total. The van der Waals surface area contributed by atoms with Gasteiger partial charge in [-0.15, -0.1) is 0 Å². The Hall–Kier alpha value is -0.770. The van der Waals surface area contributed by atoms with Crippen molar-refractivity contribution in [2.24, 2.45) is 5.73 Å². The molecule has 0 spiro atoms. The monoisotopic (exact) mass is 228 g/mol. The fourth-order valence-corrected chi connectivity index (χ4v) is 1.54. The first-order valence-corrected chi connectivity index (χ1v) is 5.26. The van der Waals surface area contributed by atoms with E-state index >= 15 is 0 Å². The molecule has 0 aliphatic carbocycles. The number of likely N-dealkylation sites (N-methyl/N-ethyl adjacent to an activating group) is 1. The van der Waals surface area contributed by atoms with Gasteiger partial charge in [0.25, 0.3) is 0 Å². The fraction of sp³-hybridized carbons (Fsp3) is 0.455. The van der Waals surface area contributed by atoms with Gasteiger partial charge in [-0.2, -0.15) is 0 Å². The summed E-state index contributed by atoms with van der Waals surface area (Å²) in [7, 11) is 3.65. The van der Waals surface area contributed by atoms with E-state index in [0.29, 0.717) is 6.67 Å². The molecule has 1 aromatic carbocycles. The molecule has 0 aliphatic heterocycles. The molecule has 1 aromatic rings. The first-order chi connectivity index (χ1) is 7.17. The third-order valence-electron chi connectivity index (χ3n) is 2.32. The zero-order chi connectivity index (χ0) is 11.3. The van der Waals surface area contributed by atoms with Crippen LogP contribution in [0.5, 0.6) is 5.75 Å². The fourth-order valence-electron chi connectivity index (χ4n) is 1.35. The summed E-state index contributed by atoms with van der Waals surface area (Å²) < 4.78 is 5.26. The van der Waals surface area contributed by atoms with Crippen molar-refractivity contribution in [3.8, 4) is 5.75 Å². The van der Waals surface area contributed by atoms with E-state index in [1.54, 1.807) is 7.11 Å². The molecular weight excluding hydrogens is 212 g/mol. The summed E-state index contributed by atoms with van der Waals surface area (Å²) in [6.07, 6.45) is 0.886.